The predicted octanol–water partition coefficient (Wildman–Crippen LogP) is 2.35. The molecule has 0 atom stereocenters. The van der Waals surface area contributed by atoms with E-state index in [0.29, 0.717) is 18.6 Å². The Kier molecular flexibility index (Phi) is 4.59. The van der Waals surface area contributed by atoms with Gasteiger partial charge in [-0.3, -0.25) is 0 Å². The molecule has 2 heterocycles. The summed E-state index contributed by atoms with van der Waals surface area (Å²) in [5.41, 5.74) is 3.94. The molecule has 1 fully saturated rings. The van der Waals surface area contributed by atoms with Gasteiger partial charge in [-0.05, 0) is 54.1 Å². The van der Waals surface area contributed by atoms with Crippen molar-refractivity contribution in [3.05, 3.63) is 35.5 Å². The number of nitrogens with zero attached hydrogens (tertiary/aromatic N) is 2. The molecule has 1 aromatic carbocycles. The number of anilines is 3. The first kappa shape index (κ1) is 16.4. The van der Waals surface area contributed by atoms with Gasteiger partial charge in [-0.15, -0.1) is 0 Å². The number of rotatable bonds is 5. The highest BCUT2D eigenvalue weighted by Crippen LogP contribution is 2.24. The monoisotopic (exact) mass is 338 g/mol. The number of benzene rings is 1. The summed E-state index contributed by atoms with van der Waals surface area (Å²) in [6.45, 7) is 2.51. The Morgan fingerprint density at radius 2 is 2.16 bits per heavy atom. The predicted molar refractivity (Wildman–Crippen MR) is 99.4 cm³/mol. The smallest absolute Gasteiger partial charge is 0.423 e. The fourth-order valence-electron chi connectivity index (χ4n) is 3.74. The SMILES string of the molecule is CCc1cc(Nc2nccc(NC3CCCC3)n2)cc2c1B(O)OC2. The van der Waals surface area contributed by atoms with Crippen LogP contribution in [0.4, 0.5) is 17.5 Å². The van der Waals surface area contributed by atoms with Crippen LogP contribution in [-0.4, -0.2) is 28.2 Å². The zero-order valence-corrected chi connectivity index (χ0v) is 14.5. The van der Waals surface area contributed by atoms with Crippen LogP contribution in [0.2, 0.25) is 0 Å². The first-order chi connectivity index (χ1) is 12.2. The number of hydrogen-bond donors (Lipinski definition) is 3. The third-order valence-corrected chi connectivity index (χ3v) is 4.99. The van der Waals surface area contributed by atoms with Crippen molar-refractivity contribution in [2.45, 2.75) is 51.7 Å². The molecule has 0 spiro atoms. The molecule has 1 aliphatic carbocycles. The lowest BCUT2D eigenvalue weighted by molar-refractivity contribution is 0.275. The van der Waals surface area contributed by atoms with Crippen LogP contribution in [0.5, 0.6) is 0 Å². The first-order valence-corrected chi connectivity index (χ1v) is 9.05. The van der Waals surface area contributed by atoms with Crippen LogP contribution in [-0.2, 0) is 17.7 Å². The van der Waals surface area contributed by atoms with Gasteiger partial charge in [-0.25, -0.2) is 4.98 Å². The molecule has 4 rings (SSSR count). The Hall–Kier alpha value is -2.12. The van der Waals surface area contributed by atoms with E-state index in [1.165, 1.54) is 25.7 Å². The largest absolute Gasteiger partial charge is 0.492 e. The highest BCUT2D eigenvalue weighted by Gasteiger charge is 2.30. The summed E-state index contributed by atoms with van der Waals surface area (Å²) in [5.74, 6) is 1.43. The minimum atomic E-state index is -0.811. The number of fused-ring (bicyclic) bond motifs is 1. The summed E-state index contributed by atoms with van der Waals surface area (Å²) < 4.78 is 5.35. The molecular weight excluding hydrogens is 315 g/mol. The van der Waals surface area contributed by atoms with Crippen molar-refractivity contribution in [3.8, 4) is 0 Å². The number of aromatic nitrogens is 2. The van der Waals surface area contributed by atoms with Gasteiger partial charge < -0.3 is 20.3 Å². The van der Waals surface area contributed by atoms with Crippen molar-refractivity contribution in [2.24, 2.45) is 0 Å². The van der Waals surface area contributed by atoms with Crippen LogP contribution >= 0.6 is 0 Å². The van der Waals surface area contributed by atoms with Crippen molar-refractivity contribution in [1.82, 2.24) is 9.97 Å². The van der Waals surface area contributed by atoms with E-state index in [2.05, 4.69) is 27.5 Å². The van der Waals surface area contributed by atoms with E-state index in [9.17, 15) is 5.02 Å². The van der Waals surface area contributed by atoms with Crippen LogP contribution in [0.15, 0.2) is 24.4 Å². The van der Waals surface area contributed by atoms with E-state index in [1.807, 2.05) is 18.2 Å². The Bertz CT molecular complexity index is 765. The normalized spacial score (nSPS) is 17.0. The Labute approximate surface area is 148 Å². The maximum Gasteiger partial charge on any atom is 0.492 e. The van der Waals surface area contributed by atoms with E-state index >= 15 is 0 Å². The fraction of sp³-hybridized carbons (Fsp3) is 0.444. The second-order valence-corrected chi connectivity index (χ2v) is 6.74. The van der Waals surface area contributed by atoms with Gasteiger partial charge in [0.05, 0.1) is 6.61 Å². The van der Waals surface area contributed by atoms with Gasteiger partial charge in [-0.2, -0.15) is 4.98 Å². The molecule has 2 aromatic rings. The maximum absolute atomic E-state index is 9.97. The molecule has 1 saturated carbocycles. The number of nitrogens with one attached hydrogen (secondary N) is 2. The molecule has 25 heavy (non-hydrogen) atoms. The Morgan fingerprint density at radius 1 is 1.32 bits per heavy atom. The molecule has 6 nitrogen and oxygen atoms in total. The molecule has 0 radical (unpaired) electrons. The summed E-state index contributed by atoms with van der Waals surface area (Å²) in [4.78, 5) is 8.91. The second kappa shape index (κ2) is 7.02. The number of hydrogen-bond acceptors (Lipinski definition) is 6. The lowest BCUT2D eigenvalue weighted by Crippen LogP contribution is -2.31. The van der Waals surface area contributed by atoms with Crippen molar-refractivity contribution >= 4 is 30.0 Å². The summed E-state index contributed by atoms with van der Waals surface area (Å²) in [7, 11) is -0.811. The van der Waals surface area contributed by atoms with E-state index < -0.39 is 7.12 Å². The topological polar surface area (TPSA) is 79.3 Å². The van der Waals surface area contributed by atoms with Crippen LogP contribution in [0.25, 0.3) is 0 Å². The van der Waals surface area contributed by atoms with Crippen LogP contribution in [0.1, 0.15) is 43.7 Å². The lowest BCUT2D eigenvalue weighted by atomic mass is 9.75. The molecular formula is C18H23BN4O2. The fourth-order valence-corrected chi connectivity index (χ4v) is 3.74. The third kappa shape index (κ3) is 3.48. The van der Waals surface area contributed by atoms with Crippen molar-refractivity contribution in [1.29, 1.82) is 0 Å². The minimum absolute atomic E-state index is 0.434. The summed E-state index contributed by atoms with van der Waals surface area (Å²) in [6, 6.07) is 6.48. The van der Waals surface area contributed by atoms with E-state index in [0.717, 1.165) is 34.5 Å². The van der Waals surface area contributed by atoms with Crippen LogP contribution in [0, 0.1) is 0 Å². The standard InChI is InChI=1S/C18H23BN4O2/c1-2-12-9-15(10-13-11-25-19(24)17(12)13)22-18-20-8-7-16(23-18)21-14-5-3-4-6-14/h7-10,14,24H,2-6,11H2,1H3,(H2,20,21,22,23). The maximum atomic E-state index is 9.97. The molecule has 1 aromatic heterocycles. The summed E-state index contributed by atoms with van der Waals surface area (Å²) in [6.07, 6.45) is 7.60. The van der Waals surface area contributed by atoms with E-state index in [1.54, 1.807) is 6.20 Å². The van der Waals surface area contributed by atoms with Gasteiger partial charge in [0.1, 0.15) is 5.82 Å². The summed E-state index contributed by atoms with van der Waals surface area (Å²) in [5, 5.41) is 16.8. The van der Waals surface area contributed by atoms with Gasteiger partial charge in [0, 0.05) is 17.9 Å². The van der Waals surface area contributed by atoms with Gasteiger partial charge >= 0.3 is 7.12 Å². The average molecular weight is 338 g/mol. The van der Waals surface area contributed by atoms with Crippen molar-refractivity contribution in [3.63, 3.8) is 0 Å². The van der Waals surface area contributed by atoms with Crippen LogP contribution in [0.3, 0.4) is 0 Å². The third-order valence-electron chi connectivity index (χ3n) is 4.99. The zero-order valence-electron chi connectivity index (χ0n) is 14.5. The van der Waals surface area contributed by atoms with Gasteiger partial charge in [-0.1, -0.05) is 19.8 Å². The highest BCUT2D eigenvalue weighted by atomic mass is 16.5. The molecule has 7 heteroatoms. The summed E-state index contributed by atoms with van der Waals surface area (Å²) >= 11 is 0. The quantitative estimate of drug-likeness (QED) is 0.727. The zero-order chi connectivity index (χ0) is 17.2. The second-order valence-electron chi connectivity index (χ2n) is 6.74. The van der Waals surface area contributed by atoms with Crippen molar-refractivity contribution < 1.29 is 9.68 Å². The molecule has 0 amide bonds. The minimum Gasteiger partial charge on any atom is -0.423 e. The molecule has 0 bridgehead atoms. The first-order valence-electron chi connectivity index (χ1n) is 9.05. The van der Waals surface area contributed by atoms with Crippen molar-refractivity contribution in [2.75, 3.05) is 10.6 Å². The van der Waals surface area contributed by atoms with Gasteiger partial charge in [0.15, 0.2) is 0 Å². The van der Waals surface area contributed by atoms with Gasteiger partial charge in [0.2, 0.25) is 5.95 Å². The molecule has 0 unspecified atom stereocenters. The molecule has 0 saturated heterocycles. The Balaban J connectivity index is 1.54. The lowest BCUT2D eigenvalue weighted by Gasteiger charge is -2.14. The van der Waals surface area contributed by atoms with Gasteiger partial charge in [0.25, 0.3) is 0 Å². The molecule has 2 aliphatic rings. The molecule has 130 valence electrons. The molecule has 1 aliphatic heterocycles. The van der Waals surface area contributed by atoms with E-state index in [-0.39, 0.29) is 0 Å². The van der Waals surface area contributed by atoms with E-state index in [4.69, 9.17) is 4.65 Å². The number of aryl methyl sites for hydroxylation is 1. The average Bonchev–Trinajstić information content (AvgIpc) is 3.25. The Morgan fingerprint density at radius 3 is 2.96 bits per heavy atom. The molecule has 3 N–H and O–H groups in total. The van der Waals surface area contributed by atoms with Crippen LogP contribution < -0.4 is 16.1 Å². The highest BCUT2D eigenvalue weighted by molar-refractivity contribution is 6.62.